The van der Waals surface area contributed by atoms with E-state index >= 15 is 0 Å². The average molecular weight is 454 g/mol. The molecular formula is C25H32FN5O2. The number of carbonyl (C=O) groups excluding carboxylic acids is 2. The number of halogens is 1. The van der Waals surface area contributed by atoms with Crippen LogP contribution in [0.1, 0.15) is 51.6 Å². The van der Waals surface area contributed by atoms with Gasteiger partial charge in [0.15, 0.2) is 0 Å². The SMILES string of the molecule is CC(C)(C)[C@H](c1ccc(F)cc1)N1C(=O)[C@H]2C[C@@H]1CN2C[C@H](N)C(=O)N1C2C[C@H]2C[C@H]1C#N. The lowest BCUT2D eigenvalue weighted by atomic mass is 9.80. The minimum atomic E-state index is -0.740. The molecule has 5 rings (SSSR count). The minimum Gasteiger partial charge on any atom is -0.329 e. The largest absolute Gasteiger partial charge is 0.329 e. The molecule has 0 spiro atoms. The Morgan fingerprint density at radius 2 is 1.94 bits per heavy atom. The van der Waals surface area contributed by atoms with Crippen molar-refractivity contribution in [3.8, 4) is 6.07 Å². The Morgan fingerprint density at radius 1 is 1.24 bits per heavy atom. The number of piperidine rings is 1. The highest BCUT2D eigenvalue weighted by molar-refractivity contribution is 5.87. The van der Waals surface area contributed by atoms with Gasteiger partial charge in [0.2, 0.25) is 11.8 Å². The maximum atomic E-state index is 13.5. The van der Waals surface area contributed by atoms with Crippen LogP contribution in [-0.4, -0.2) is 69.8 Å². The molecular weight excluding hydrogens is 421 g/mol. The maximum absolute atomic E-state index is 13.5. The predicted octanol–water partition coefficient (Wildman–Crippen LogP) is 2.04. The zero-order valence-electron chi connectivity index (χ0n) is 19.4. The topological polar surface area (TPSA) is 93.7 Å². The number of nitriles is 1. The van der Waals surface area contributed by atoms with E-state index in [0.29, 0.717) is 25.4 Å². The van der Waals surface area contributed by atoms with Crippen LogP contribution in [0.15, 0.2) is 24.3 Å². The first-order valence-corrected chi connectivity index (χ1v) is 11.9. The molecule has 1 saturated carbocycles. The zero-order valence-corrected chi connectivity index (χ0v) is 19.4. The molecule has 1 aromatic carbocycles. The van der Waals surface area contributed by atoms with Gasteiger partial charge in [0.05, 0.1) is 24.2 Å². The van der Waals surface area contributed by atoms with E-state index in [9.17, 15) is 19.2 Å². The van der Waals surface area contributed by atoms with Crippen LogP contribution in [-0.2, 0) is 9.59 Å². The van der Waals surface area contributed by atoms with Gasteiger partial charge in [0.1, 0.15) is 11.9 Å². The Bertz CT molecular complexity index is 1000. The van der Waals surface area contributed by atoms with E-state index in [0.717, 1.165) is 18.4 Å². The summed E-state index contributed by atoms with van der Waals surface area (Å²) >= 11 is 0. The lowest BCUT2D eigenvalue weighted by Crippen LogP contribution is -2.58. The molecule has 2 amide bonds. The van der Waals surface area contributed by atoms with Gasteiger partial charge in [-0.05, 0) is 48.3 Å². The molecule has 8 heteroatoms. The Hall–Kier alpha value is -2.50. The number of carbonyl (C=O) groups is 2. The molecule has 1 aliphatic carbocycles. The van der Waals surface area contributed by atoms with E-state index in [4.69, 9.17) is 5.73 Å². The van der Waals surface area contributed by atoms with Crippen LogP contribution in [0.25, 0.3) is 0 Å². The fraction of sp³-hybridized carbons (Fsp3) is 0.640. The zero-order chi connectivity index (χ0) is 23.7. The van der Waals surface area contributed by atoms with Gasteiger partial charge in [-0.1, -0.05) is 32.9 Å². The molecule has 1 aromatic rings. The van der Waals surface area contributed by atoms with Crippen LogP contribution in [0.2, 0.25) is 0 Å². The number of hydrogen-bond donors (Lipinski definition) is 1. The molecule has 0 radical (unpaired) electrons. The van der Waals surface area contributed by atoms with E-state index in [1.54, 1.807) is 17.0 Å². The molecule has 176 valence electrons. The fourth-order valence-corrected chi connectivity index (χ4v) is 6.36. The highest BCUT2D eigenvalue weighted by Gasteiger charge is 2.56. The van der Waals surface area contributed by atoms with Gasteiger partial charge in [0, 0.05) is 25.2 Å². The smallest absolute Gasteiger partial charge is 0.242 e. The van der Waals surface area contributed by atoms with Crippen LogP contribution in [0, 0.1) is 28.5 Å². The first kappa shape index (κ1) is 22.3. The summed E-state index contributed by atoms with van der Waals surface area (Å²) in [6, 6.07) is 7.30. The Labute approximate surface area is 194 Å². The van der Waals surface area contributed by atoms with Crippen LogP contribution in [0.5, 0.6) is 0 Å². The highest BCUT2D eigenvalue weighted by atomic mass is 19.1. The van der Waals surface area contributed by atoms with Crippen molar-refractivity contribution in [3.63, 3.8) is 0 Å². The first-order valence-electron chi connectivity index (χ1n) is 11.9. The van der Waals surface area contributed by atoms with Gasteiger partial charge in [-0.2, -0.15) is 5.26 Å². The molecule has 3 aliphatic heterocycles. The number of hydrogen-bond acceptors (Lipinski definition) is 5. The van der Waals surface area contributed by atoms with E-state index in [1.807, 2.05) is 9.80 Å². The summed E-state index contributed by atoms with van der Waals surface area (Å²) in [5.41, 5.74) is 7.02. The second-order valence-electron chi connectivity index (χ2n) is 11.2. The van der Waals surface area contributed by atoms with Crippen LogP contribution in [0.3, 0.4) is 0 Å². The third-order valence-corrected chi connectivity index (χ3v) is 7.85. The summed E-state index contributed by atoms with van der Waals surface area (Å²) in [6.45, 7) is 7.28. The minimum absolute atomic E-state index is 0.0329. The van der Waals surface area contributed by atoms with Crippen LogP contribution < -0.4 is 5.73 Å². The summed E-state index contributed by atoms with van der Waals surface area (Å²) in [7, 11) is 0. The van der Waals surface area contributed by atoms with Gasteiger partial charge < -0.3 is 15.5 Å². The predicted molar refractivity (Wildman–Crippen MR) is 120 cm³/mol. The van der Waals surface area contributed by atoms with Crippen molar-refractivity contribution in [2.75, 3.05) is 13.1 Å². The summed E-state index contributed by atoms with van der Waals surface area (Å²) in [6.07, 6.45) is 2.43. The van der Waals surface area contributed by atoms with Gasteiger partial charge in [-0.3, -0.25) is 14.5 Å². The lowest BCUT2D eigenvalue weighted by Gasteiger charge is -2.45. The summed E-state index contributed by atoms with van der Waals surface area (Å²) < 4.78 is 13.5. The number of benzene rings is 1. The number of amides is 2. The van der Waals surface area contributed by atoms with Gasteiger partial charge in [-0.25, -0.2) is 4.39 Å². The van der Waals surface area contributed by atoms with E-state index < -0.39 is 6.04 Å². The lowest BCUT2D eigenvalue weighted by molar-refractivity contribution is -0.143. The van der Waals surface area contributed by atoms with Gasteiger partial charge >= 0.3 is 0 Å². The molecule has 4 fully saturated rings. The molecule has 2 N–H and O–H groups in total. The van der Waals surface area contributed by atoms with E-state index in [1.165, 1.54) is 12.1 Å². The van der Waals surface area contributed by atoms with Crippen molar-refractivity contribution in [2.24, 2.45) is 17.1 Å². The maximum Gasteiger partial charge on any atom is 0.242 e. The van der Waals surface area contributed by atoms with Crippen molar-refractivity contribution in [1.29, 1.82) is 5.26 Å². The van der Waals surface area contributed by atoms with Crippen molar-refractivity contribution < 1.29 is 14.0 Å². The quantitative estimate of drug-likeness (QED) is 0.736. The van der Waals surface area contributed by atoms with Crippen molar-refractivity contribution in [3.05, 3.63) is 35.6 Å². The van der Waals surface area contributed by atoms with E-state index in [-0.39, 0.29) is 53.3 Å². The van der Waals surface area contributed by atoms with E-state index in [2.05, 4.69) is 26.8 Å². The van der Waals surface area contributed by atoms with Crippen LogP contribution in [0.4, 0.5) is 4.39 Å². The standard InChI is InChI=1S/C25H32FN5O2/c1-25(2,3)22(14-4-6-16(26)7-5-14)31-18-10-21(24(31)33)29(12-18)13-19(28)23(32)30-17(11-27)8-15-9-20(15)30/h4-7,15,17-22H,8-10,12-13,28H2,1-3H3/t15-,17+,18-,19+,20?,21-,22+/m1/s1. The van der Waals surface area contributed by atoms with Crippen molar-refractivity contribution in [1.82, 2.24) is 14.7 Å². The monoisotopic (exact) mass is 453 g/mol. The highest BCUT2D eigenvalue weighted by Crippen LogP contribution is 2.48. The molecule has 4 aliphatic rings. The summed E-state index contributed by atoms with van der Waals surface area (Å²) in [5.74, 6) is 0.0372. The third kappa shape index (κ3) is 3.71. The number of nitrogens with zero attached hydrogens (tertiary/aromatic N) is 4. The number of nitrogens with two attached hydrogens (primary N) is 1. The summed E-state index contributed by atoms with van der Waals surface area (Å²) in [4.78, 5) is 32.3. The fourth-order valence-electron chi connectivity index (χ4n) is 6.36. The Morgan fingerprint density at radius 3 is 2.55 bits per heavy atom. The molecule has 7 nitrogen and oxygen atoms in total. The molecule has 7 atom stereocenters. The summed E-state index contributed by atoms with van der Waals surface area (Å²) in [5, 5.41) is 9.40. The van der Waals surface area contributed by atoms with Crippen molar-refractivity contribution >= 4 is 11.8 Å². The number of rotatable bonds is 5. The average Bonchev–Trinajstić information content (AvgIpc) is 3.09. The second kappa shape index (κ2) is 7.78. The van der Waals surface area contributed by atoms with Crippen molar-refractivity contribution in [2.45, 2.75) is 76.3 Å². The third-order valence-electron chi connectivity index (χ3n) is 7.85. The number of fused-ring (bicyclic) bond motifs is 3. The molecule has 3 saturated heterocycles. The molecule has 1 unspecified atom stereocenters. The number of likely N-dealkylation sites (tertiary alicyclic amines) is 3. The molecule has 2 bridgehead atoms. The molecule has 3 heterocycles. The van der Waals surface area contributed by atoms with Crippen LogP contribution >= 0.6 is 0 Å². The molecule has 33 heavy (non-hydrogen) atoms. The first-order chi connectivity index (χ1) is 15.6. The molecule has 0 aromatic heterocycles. The number of piperazine rings is 1. The Balaban J connectivity index is 1.29. The second-order valence-corrected chi connectivity index (χ2v) is 11.2. The normalized spacial score (nSPS) is 32.6. The van der Waals surface area contributed by atoms with Gasteiger partial charge in [-0.15, -0.1) is 0 Å². The Kier molecular flexibility index (Phi) is 5.26. The van der Waals surface area contributed by atoms with Gasteiger partial charge in [0.25, 0.3) is 0 Å².